The van der Waals surface area contributed by atoms with Crippen LogP contribution in [0.15, 0.2) is 59.5 Å². The Kier molecular flexibility index (Phi) is 7.49. The molecule has 0 amide bonds. The van der Waals surface area contributed by atoms with Gasteiger partial charge < -0.3 is 19.1 Å². The summed E-state index contributed by atoms with van der Waals surface area (Å²) in [6.07, 6.45) is 1.51. The maximum atomic E-state index is 13.2. The molecule has 0 bridgehead atoms. The lowest BCUT2D eigenvalue weighted by Gasteiger charge is -2.29. The number of fused-ring (bicyclic) bond motifs is 1. The molecule has 3 aromatic rings. The zero-order chi connectivity index (χ0) is 27.7. The van der Waals surface area contributed by atoms with Crippen molar-refractivity contribution in [3.8, 4) is 22.8 Å². The second-order valence-electron chi connectivity index (χ2n) is 8.35. The van der Waals surface area contributed by atoms with E-state index in [1.54, 1.807) is 20.8 Å². The summed E-state index contributed by atoms with van der Waals surface area (Å²) in [7, 11) is -8.06. The molecule has 14 heteroatoms. The van der Waals surface area contributed by atoms with Crippen LogP contribution in [-0.2, 0) is 31.6 Å². The molecule has 2 N–H and O–H groups in total. The molecule has 0 unspecified atom stereocenters. The molecular weight excluding hydrogens is 538 g/mol. The summed E-state index contributed by atoms with van der Waals surface area (Å²) in [5.74, 6) is -1.82. The van der Waals surface area contributed by atoms with Gasteiger partial charge in [0.05, 0.1) is 17.7 Å². The van der Waals surface area contributed by atoms with Gasteiger partial charge in [0.1, 0.15) is 18.0 Å². The van der Waals surface area contributed by atoms with Gasteiger partial charge >= 0.3 is 22.1 Å². The van der Waals surface area contributed by atoms with E-state index in [1.165, 1.54) is 49.6 Å². The highest BCUT2D eigenvalue weighted by Gasteiger charge is 2.36. The largest absolute Gasteiger partial charge is 0.497 e. The Morgan fingerprint density at radius 2 is 1.87 bits per heavy atom. The van der Waals surface area contributed by atoms with Crippen LogP contribution in [0.25, 0.3) is 11.3 Å². The Morgan fingerprint density at radius 1 is 1.11 bits per heavy atom. The second-order valence-corrected chi connectivity index (χ2v) is 11.9. The number of carbonyl (C=O) groups is 2. The van der Waals surface area contributed by atoms with Crippen LogP contribution in [0.3, 0.4) is 0 Å². The summed E-state index contributed by atoms with van der Waals surface area (Å²) in [6, 6.07) is 12.6. The molecular formula is C24H25N3O9S2. The van der Waals surface area contributed by atoms with E-state index in [4.69, 9.17) is 9.47 Å². The van der Waals surface area contributed by atoms with Crippen molar-refractivity contribution >= 4 is 37.9 Å². The Labute approximate surface area is 219 Å². The van der Waals surface area contributed by atoms with E-state index in [0.717, 1.165) is 6.42 Å². The summed E-state index contributed by atoms with van der Waals surface area (Å²) >= 11 is 0. The van der Waals surface area contributed by atoms with Gasteiger partial charge in [-0.1, -0.05) is 29.6 Å². The van der Waals surface area contributed by atoms with Crippen molar-refractivity contribution in [1.82, 2.24) is 8.69 Å². The number of aromatic carboxylic acids is 1. The van der Waals surface area contributed by atoms with Crippen molar-refractivity contribution < 1.29 is 41.0 Å². The quantitative estimate of drug-likeness (QED) is 0.279. The zero-order valence-corrected chi connectivity index (χ0v) is 22.1. The predicted molar refractivity (Wildman–Crippen MR) is 137 cm³/mol. The highest BCUT2D eigenvalue weighted by Crippen LogP contribution is 2.36. The van der Waals surface area contributed by atoms with Crippen molar-refractivity contribution in [2.45, 2.75) is 31.2 Å². The number of hydrogen-bond donors (Lipinski definition) is 2. The number of ether oxygens (including phenoxy) is 2. The molecule has 0 spiro atoms. The predicted octanol–water partition coefficient (Wildman–Crippen LogP) is 2.61. The third-order valence-electron chi connectivity index (χ3n) is 5.81. The summed E-state index contributed by atoms with van der Waals surface area (Å²) in [6.45, 7) is 1.62. The minimum Gasteiger partial charge on any atom is -0.497 e. The first-order chi connectivity index (χ1) is 18.0. The number of unbranched alkanes of at least 4 members (excludes halogenated alkanes) is 1. The summed E-state index contributed by atoms with van der Waals surface area (Å²) < 4.78 is 66.7. The third kappa shape index (κ3) is 5.37. The molecule has 1 aromatic heterocycles. The van der Waals surface area contributed by atoms with Crippen LogP contribution < -0.4 is 17.9 Å². The van der Waals surface area contributed by atoms with Gasteiger partial charge in [0, 0.05) is 18.3 Å². The van der Waals surface area contributed by atoms with Crippen molar-refractivity contribution in [2.75, 3.05) is 18.0 Å². The van der Waals surface area contributed by atoms with Crippen LogP contribution in [0.1, 0.15) is 30.3 Å². The van der Waals surface area contributed by atoms with Crippen molar-refractivity contribution in [2.24, 2.45) is 0 Å². The highest BCUT2D eigenvalue weighted by molar-refractivity contribution is 8.05. The molecule has 0 atom stereocenters. The SMILES string of the molecule is CCCCn1c(C(=O)O)ccc1-c1cccc(S(=O)(=O)NS(=O)(=O)N2CC(=O)Oc3cc(OC)ccc32)c1. The van der Waals surface area contributed by atoms with Gasteiger partial charge in [0.2, 0.25) is 0 Å². The van der Waals surface area contributed by atoms with Gasteiger partial charge in [0.15, 0.2) is 5.75 Å². The van der Waals surface area contributed by atoms with E-state index in [-0.39, 0.29) is 22.0 Å². The topological polar surface area (TPSA) is 161 Å². The molecule has 38 heavy (non-hydrogen) atoms. The van der Waals surface area contributed by atoms with Crippen LogP contribution in [-0.4, -0.2) is 52.1 Å². The number of sulfonamides is 1. The highest BCUT2D eigenvalue weighted by atomic mass is 32.3. The Morgan fingerprint density at radius 3 is 2.55 bits per heavy atom. The van der Waals surface area contributed by atoms with E-state index in [1.807, 2.05) is 6.92 Å². The van der Waals surface area contributed by atoms with Gasteiger partial charge in [-0.25, -0.2) is 22.3 Å². The maximum Gasteiger partial charge on any atom is 0.352 e. The molecule has 4 rings (SSSR count). The lowest BCUT2D eigenvalue weighted by Crippen LogP contribution is -2.48. The molecule has 0 saturated carbocycles. The first-order valence-electron chi connectivity index (χ1n) is 11.4. The molecule has 0 fully saturated rings. The van der Waals surface area contributed by atoms with Gasteiger partial charge in [-0.15, -0.1) is 0 Å². The number of hydrogen-bond acceptors (Lipinski definition) is 8. The number of nitrogens with zero attached hydrogens (tertiary/aromatic N) is 2. The molecule has 2 heterocycles. The van der Waals surface area contributed by atoms with Crippen LogP contribution in [0.2, 0.25) is 0 Å². The minimum absolute atomic E-state index is 0.0446. The molecule has 0 radical (unpaired) electrons. The fourth-order valence-electron chi connectivity index (χ4n) is 4.00. The number of benzene rings is 2. The summed E-state index contributed by atoms with van der Waals surface area (Å²) in [5, 5.41) is 9.54. The third-order valence-corrected chi connectivity index (χ3v) is 9.31. The number of carboxylic acid groups (broad SMARTS) is 1. The van der Waals surface area contributed by atoms with Gasteiger partial charge in [-0.2, -0.15) is 8.42 Å². The van der Waals surface area contributed by atoms with Crippen LogP contribution >= 0.6 is 0 Å². The van der Waals surface area contributed by atoms with Crippen LogP contribution in [0, 0.1) is 0 Å². The molecule has 0 saturated heterocycles. The van der Waals surface area contributed by atoms with E-state index < -0.39 is 38.7 Å². The molecule has 202 valence electrons. The number of rotatable bonds is 10. The average Bonchev–Trinajstić information content (AvgIpc) is 3.30. The number of carbonyl (C=O) groups excluding carboxylic acids is 1. The van der Waals surface area contributed by atoms with E-state index in [0.29, 0.717) is 34.3 Å². The Hall–Kier alpha value is -3.88. The number of anilines is 1. The van der Waals surface area contributed by atoms with Crippen LogP contribution in [0.5, 0.6) is 11.5 Å². The summed E-state index contributed by atoms with van der Waals surface area (Å²) in [5.41, 5.74) is 0.858. The number of methoxy groups -OCH3 is 1. The average molecular weight is 564 g/mol. The first kappa shape index (κ1) is 27.2. The number of aromatic nitrogens is 1. The normalized spacial score (nSPS) is 13.6. The van der Waals surface area contributed by atoms with Gasteiger partial charge in [0.25, 0.3) is 10.0 Å². The minimum atomic E-state index is -4.79. The molecule has 0 aliphatic carbocycles. The Balaban J connectivity index is 1.68. The molecule has 12 nitrogen and oxygen atoms in total. The van der Waals surface area contributed by atoms with Crippen molar-refractivity contribution in [3.63, 3.8) is 0 Å². The number of carboxylic acids is 1. The lowest BCUT2D eigenvalue weighted by molar-refractivity contribution is -0.133. The fourth-order valence-corrected chi connectivity index (χ4v) is 7.08. The Bertz CT molecular complexity index is 1610. The fraction of sp³-hybridized carbons (Fsp3) is 0.250. The lowest BCUT2D eigenvalue weighted by atomic mass is 10.1. The van der Waals surface area contributed by atoms with Crippen molar-refractivity contribution in [1.29, 1.82) is 0 Å². The maximum absolute atomic E-state index is 13.2. The number of nitrogens with one attached hydrogen (secondary N) is 1. The summed E-state index contributed by atoms with van der Waals surface area (Å²) in [4.78, 5) is 23.4. The van der Waals surface area contributed by atoms with E-state index >= 15 is 0 Å². The van der Waals surface area contributed by atoms with E-state index in [9.17, 15) is 31.5 Å². The molecule has 1 aliphatic heterocycles. The molecule has 2 aromatic carbocycles. The standard InChI is InChI=1S/C24H25N3O9S2/c1-3-4-12-26-19(10-11-21(26)24(29)30)16-6-5-7-18(13-16)37(31,32)25-38(33,34)27-15-23(28)36-22-14-17(35-2)8-9-20(22)27/h5-11,13-14,25H,3-4,12,15H2,1-2H3,(H,29,30). The number of esters is 1. The molecule has 1 aliphatic rings. The second kappa shape index (κ2) is 10.5. The van der Waals surface area contributed by atoms with Gasteiger partial charge in [-0.3, -0.25) is 0 Å². The van der Waals surface area contributed by atoms with Gasteiger partial charge in [-0.05, 0) is 48.4 Å². The monoisotopic (exact) mass is 563 g/mol. The van der Waals surface area contributed by atoms with E-state index in [2.05, 4.69) is 0 Å². The smallest absolute Gasteiger partial charge is 0.352 e. The zero-order valence-electron chi connectivity index (χ0n) is 20.4. The van der Waals surface area contributed by atoms with Crippen LogP contribution in [0.4, 0.5) is 5.69 Å². The van der Waals surface area contributed by atoms with Crippen molar-refractivity contribution in [3.05, 3.63) is 60.3 Å². The first-order valence-corrected chi connectivity index (χ1v) is 14.4.